The van der Waals surface area contributed by atoms with E-state index in [0.717, 1.165) is 12.1 Å². The van der Waals surface area contributed by atoms with Crippen molar-refractivity contribution in [2.75, 3.05) is 0 Å². The number of rotatable bonds is 3. The minimum absolute atomic E-state index is 0.0552. The summed E-state index contributed by atoms with van der Waals surface area (Å²) in [6, 6.07) is 4.19. The predicted molar refractivity (Wildman–Crippen MR) is 83.3 cm³/mol. The van der Waals surface area contributed by atoms with Crippen LogP contribution in [0.25, 0.3) is 11.1 Å². The maximum atomic E-state index is 12.5. The van der Waals surface area contributed by atoms with Crippen LogP contribution >= 0.6 is 15.9 Å². The predicted octanol–water partition coefficient (Wildman–Crippen LogP) is 3.18. The Kier molecular flexibility index (Phi) is 3.41. The van der Waals surface area contributed by atoms with Gasteiger partial charge in [0.15, 0.2) is 5.78 Å². The molecule has 0 saturated carbocycles. The number of nitrogens with zero attached hydrogens (tertiary/aromatic N) is 2. The lowest BCUT2D eigenvalue weighted by molar-refractivity contribution is -0.393. The number of fused-ring (bicyclic) bond motifs is 3. The zero-order valence-electron chi connectivity index (χ0n) is 11.5. The number of carbonyl (C=O) groups is 2. The van der Waals surface area contributed by atoms with Crippen LogP contribution in [0, 0.1) is 20.2 Å². The molecule has 0 fully saturated rings. The van der Waals surface area contributed by atoms with Crippen molar-refractivity contribution in [3.63, 3.8) is 0 Å². The summed E-state index contributed by atoms with van der Waals surface area (Å²) in [7, 11) is 0. The Morgan fingerprint density at radius 2 is 1.62 bits per heavy atom. The molecule has 1 aliphatic carbocycles. The Balaban J connectivity index is 2.48. The van der Waals surface area contributed by atoms with E-state index in [1.807, 2.05) is 0 Å². The highest BCUT2D eigenvalue weighted by Gasteiger charge is 2.38. The first-order valence-electron chi connectivity index (χ1n) is 6.31. The van der Waals surface area contributed by atoms with E-state index in [-0.39, 0.29) is 27.8 Å². The standard InChI is InChI=1S/C14H5BrN2O7/c15-5-1-7-11(9(2-5)14(19)20)12-8(13(7)18)3-6(16(21)22)4-10(12)17(23)24/h1-4H,(H,19,20). The zero-order valence-corrected chi connectivity index (χ0v) is 13.1. The van der Waals surface area contributed by atoms with Gasteiger partial charge in [-0.1, -0.05) is 15.9 Å². The van der Waals surface area contributed by atoms with Crippen LogP contribution in [0.5, 0.6) is 0 Å². The number of ketones is 1. The van der Waals surface area contributed by atoms with Crippen molar-refractivity contribution >= 4 is 39.1 Å². The Bertz CT molecular complexity index is 984. The van der Waals surface area contributed by atoms with Crippen LogP contribution in [0.4, 0.5) is 11.4 Å². The van der Waals surface area contributed by atoms with Crippen LogP contribution in [-0.4, -0.2) is 26.7 Å². The number of non-ortho nitro benzene ring substituents is 1. The van der Waals surface area contributed by atoms with Crippen molar-refractivity contribution in [2.45, 2.75) is 0 Å². The Morgan fingerprint density at radius 1 is 1.00 bits per heavy atom. The minimum atomic E-state index is -1.37. The molecular weight excluding hydrogens is 388 g/mol. The van der Waals surface area contributed by atoms with E-state index in [4.69, 9.17) is 0 Å². The summed E-state index contributed by atoms with van der Waals surface area (Å²) >= 11 is 3.08. The van der Waals surface area contributed by atoms with Gasteiger partial charge in [-0.15, -0.1) is 0 Å². The average Bonchev–Trinajstić information content (AvgIpc) is 2.78. The number of aromatic carboxylic acids is 1. The summed E-state index contributed by atoms with van der Waals surface area (Å²) in [6.07, 6.45) is 0. The zero-order chi connectivity index (χ0) is 17.8. The van der Waals surface area contributed by atoms with Gasteiger partial charge in [0.2, 0.25) is 0 Å². The van der Waals surface area contributed by atoms with Gasteiger partial charge in [-0.2, -0.15) is 0 Å². The second-order valence-electron chi connectivity index (χ2n) is 4.91. The number of nitro groups is 2. The molecule has 0 aromatic heterocycles. The Hall–Kier alpha value is -3.14. The van der Waals surface area contributed by atoms with Crippen molar-refractivity contribution in [2.24, 2.45) is 0 Å². The molecule has 24 heavy (non-hydrogen) atoms. The maximum Gasteiger partial charge on any atom is 0.336 e. The molecule has 0 heterocycles. The molecule has 0 saturated heterocycles. The van der Waals surface area contributed by atoms with Gasteiger partial charge in [-0.05, 0) is 12.1 Å². The van der Waals surface area contributed by atoms with Gasteiger partial charge in [0, 0.05) is 27.2 Å². The highest BCUT2D eigenvalue weighted by molar-refractivity contribution is 9.10. The van der Waals surface area contributed by atoms with Crippen molar-refractivity contribution in [1.29, 1.82) is 0 Å². The summed E-state index contributed by atoms with van der Waals surface area (Å²) in [5.74, 6) is -2.07. The molecule has 9 nitrogen and oxygen atoms in total. The van der Waals surface area contributed by atoms with E-state index >= 15 is 0 Å². The molecule has 0 radical (unpaired) electrons. The third-order valence-corrected chi connectivity index (χ3v) is 4.04. The van der Waals surface area contributed by atoms with Crippen molar-refractivity contribution in [1.82, 2.24) is 0 Å². The van der Waals surface area contributed by atoms with Crippen LogP contribution in [0.1, 0.15) is 26.3 Å². The fourth-order valence-electron chi connectivity index (χ4n) is 2.67. The molecule has 10 heteroatoms. The molecule has 0 unspecified atom stereocenters. The maximum absolute atomic E-state index is 12.5. The SMILES string of the molecule is O=C(O)c1cc(Br)cc2c1-c1c(cc([N+](=O)[O-])cc1[N+](=O)[O-])C2=O. The van der Waals surface area contributed by atoms with Crippen LogP contribution in [-0.2, 0) is 0 Å². The Morgan fingerprint density at radius 3 is 2.17 bits per heavy atom. The summed E-state index contributed by atoms with van der Waals surface area (Å²) in [5.41, 5.74) is -2.23. The fraction of sp³-hybridized carbons (Fsp3) is 0. The third kappa shape index (κ3) is 2.15. The number of benzene rings is 2. The Labute approximate surface area is 141 Å². The first kappa shape index (κ1) is 15.7. The van der Waals surface area contributed by atoms with Gasteiger partial charge in [-0.3, -0.25) is 25.0 Å². The lowest BCUT2D eigenvalue weighted by atomic mass is 9.98. The third-order valence-electron chi connectivity index (χ3n) is 3.58. The van der Waals surface area contributed by atoms with Gasteiger partial charge in [0.25, 0.3) is 11.4 Å². The summed E-state index contributed by atoms with van der Waals surface area (Å²) < 4.78 is 0.303. The van der Waals surface area contributed by atoms with E-state index in [1.165, 1.54) is 12.1 Å². The van der Waals surface area contributed by atoms with Crippen LogP contribution in [0.2, 0.25) is 0 Å². The highest BCUT2D eigenvalue weighted by atomic mass is 79.9. The first-order valence-corrected chi connectivity index (χ1v) is 7.10. The molecule has 1 aliphatic rings. The van der Waals surface area contributed by atoms with Gasteiger partial charge < -0.3 is 5.11 Å². The molecule has 3 rings (SSSR count). The molecule has 0 spiro atoms. The van der Waals surface area contributed by atoms with Crippen molar-refractivity contribution < 1.29 is 24.5 Å². The molecule has 0 atom stereocenters. The van der Waals surface area contributed by atoms with Crippen LogP contribution in [0.3, 0.4) is 0 Å². The number of hydrogen-bond acceptors (Lipinski definition) is 6. The molecule has 2 aromatic carbocycles. The van der Waals surface area contributed by atoms with Crippen molar-refractivity contribution in [3.8, 4) is 11.1 Å². The number of carboxylic acids is 1. The molecule has 0 aliphatic heterocycles. The molecule has 0 amide bonds. The second-order valence-corrected chi connectivity index (χ2v) is 5.83. The van der Waals surface area contributed by atoms with Gasteiger partial charge in [-0.25, -0.2) is 4.79 Å². The quantitative estimate of drug-likeness (QED) is 0.532. The molecule has 0 bridgehead atoms. The number of halogens is 1. The van der Waals surface area contributed by atoms with Crippen LogP contribution < -0.4 is 0 Å². The topological polar surface area (TPSA) is 141 Å². The molecule has 1 N–H and O–H groups in total. The van der Waals surface area contributed by atoms with Crippen molar-refractivity contribution in [3.05, 3.63) is 65.7 Å². The highest BCUT2D eigenvalue weighted by Crippen LogP contribution is 2.47. The number of carboxylic acid groups (broad SMARTS) is 1. The average molecular weight is 393 g/mol. The lowest BCUT2D eigenvalue weighted by Crippen LogP contribution is -2.02. The van der Waals surface area contributed by atoms with Gasteiger partial charge >= 0.3 is 5.97 Å². The number of nitro benzene ring substituents is 2. The first-order chi connectivity index (χ1) is 11.2. The lowest BCUT2D eigenvalue weighted by Gasteiger charge is -2.06. The smallest absolute Gasteiger partial charge is 0.336 e. The van der Waals surface area contributed by atoms with Gasteiger partial charge in [0.05, 0.1) is 27.0 Å². The molecular formula is C14H5BrN2O7. The van der Waals surface area contributed by atoms with E-state index in [2.05, 4.69) is 15.9 Å². The van der Waals surface area contributed by atoms with E-state index in [9.17, 15) is 34.9 Å². The van der Waals surface area contributed by atoms with Crippen LogP contribution in [0.15, 0.2) is 28.7 Å². The normalized spacial score (nSPS) is 11.8. The monoisotopic (exact) mass is 392 g/mol. The summed E-state index contributed by atoms with van der Waals surface area (Å²) in [5, 5.41) is 31.6. The van der Waals surface area contributed by atoms with E-state index in [0.29, 0.717) is 4.47 Å². The van der Waals surface area contributed by atoms with E-state index in [1.54, 1.807) is 0 Å². The van der Waals surface area contributed by atoms with Gasteiger partial charge in [0.1, 0.15) is 0 Å². The van der Waals surface area contributed by atoms with E-state index < -0.39 is 33.0 Å². The molecule has 120 valence electrons. The summed E-state index contributed by atoms with van der Waals surface area (Å²) in [6.45, 7) is 0. The number of carbonyl (C=O) groups excluding carboxylic acids is 1. The minimum Gasteiger partial charge on any atom is -0.478 e. The number of hydrogen-bond donors (Lipinski definition) is 1. The largest absolute Gasteiger partial charge is 0.478 e. The summed E-state index contributed by atoms with van der Waals surface area (Å²) in [4.78, 5) is 44.5. The molecule has 2 aromatic rings. The fourth-order valence-corrected chi connectivity index (χ4v) is 3.13. The second kappa shape index (κ2) is 5.20.